The Morgan fingerprint density at radius 2 is 1.34 bits per heavy atom. The van der Waals surface area contributed by atoms with E-state index >= 15 is 0 Å². The van der Waals surface area contributed by atoms with E-state index in [2.05, 4.69) is 51.6 Å². The van der Waals surface area contributed by atoms with E-state index in [1.54, 1.807) is 9.80 Å². The van der Waals surface area contributed by atoms with Crippen molar-refractivity contribution < 1.29 is 19.1 Å². The van der Waals surface area contributed by atoms with E-state index in [1.807, 2.05) is 53.7 Å². The molecule has 2 aromatic carbocycles. The number of carbonyl (C=O) groups is 2. The van der Waals surface area contributed by atoms with Gasteiger partial charge in [-0.1, -0.05) is 30.3 Å². The van der Waals surface area contributed by atoms with Gasteiger partial charge in [-0.25, -0.2) is 14.6 Å². The van der Waals surface area contributed by atoms with Gasteiger partial charge in [-0.2, -0.15) is 5.10 Å². The lowest BCUT2D eigenvalue weighted by atomic mass is 10.0. The van der Waals surface area contributed by atoms with Gasteiger partial charge in [-0.3, -0.25) is 14.9 Å². The number of aromatic nitrogens is 4. The molecule has 2 aromatic heterocycles. The molecule has 0 radical (unpaired) electrons. The van der Waals surface area contributed by atoms with Gasteiger partial charge in [-0.05, 0) is 96.6 Å². The molecule has 2 saturated heterocycles. The van der Waals surface area contributed by atoms with Crippen LogP contribution in [0.5, 0.6) is 0 Å². The third kappa shape index (κ3) is 6.30. The average molecular weight is 599 g/mol. The van der Waals surface area contributed by atoms with Crippen molar-refractivity contribution in [3.63, 3.8) is 0 Å². The Labute approximate surface area is 258 Å². The minimum Gasteiger partial charge on any atom is -0.444 e. The number of benzene rings is 2. The third-order valence-corrected chi connectivity index (χ3v) is 8.05. The summed E-state index contributed by atoms with van der Waals surface area (Å²) in [5.74, 6) is 0.790. The smallest absolute Gasteiger partial charge is 0.410 e. The summed E-state index contributed by atoms with van der Waals surface area (Å²) in [6.45, 7) is 12.6. The van der Waals surface area contributed by atoms with Crippen LogP contribution in [0.4, 0.5) is 9.59 Å². The minimum atomic E-state index is -0.541. The summed E-state index contributed by atoms with van der Waals surface area (Å²) in [6.07, 6.45) is 2.98. The molecule has 0 aliphatic carbocycles. The maximum atomic E-state index is 12.8. The first-order valence-corrected chi connectivity index (χ1v) is 15.5. The molecule has 0 saturated carbocycles. The first-order valence-electron chi connectivity index (χ1n) is 15.5. The van der Waals surface area contributed by atoms with E-state index in [1.165, 1.54) is 0 Å². The topological polar surface area (TPSA) is 116 Å². The van der Waals surface area contributed by atoms with Crippen molar-refractivity contribution in [3.8, 4) is 22.4 Å². The van der Waals surface area contributed by atoms with Crippen LogP contribution >= 0.6 is 0 Å². The number of likely N-dealkylation sites (tertiary alicyclic amines) is 2. The summed E-state index contributed by atoms with van der Waals surface area (Å²) >= 11 is 0. The van der Waals surface area contributed by atoms with E-state index in [4.69, 9.17) is 14.5 Å². The molecule has 2 aliphatic heterocycles. The Morgan fingerprint density at radius 1 is 0.773 bits per heavy atom. The summed E-state index contributed by atoms with van der Waals surface area (Å²) in [6, 6.07) is 16.3. The van der Waals surface area contributed by atoms with Crippen molar-refractivity contribution in [3.05, 3.63) is 60.0 Å². The molecule has 2 aliphatic rings. The van der Waals surface area contributed by atoms with Crippen LogP contribution in [0.25, 0.3) is 33.4 Å². The maximum absolute atomic E-state index is 12.8. The molecule has 2 amide bonds. The van der Waals surface area contributed by atoms with E-state index in [0.29, 0.717) is 13.1 Å². The highest BCUT2D eigenvalue weighted by molar-refractivity contribution is 5.83. The molecular formula is C34H42N6O4. The van der Waals surface area contributed by atoms with Crippen molar-refractivity contribution in [2.45, 2.75) is 90.5 Å². The lowest BCUT2D eigenvalue weighted by molar-refractivity contribution is 0.0209. The molecule has 0 bridgehead atoms. The second kappa shape index (κ2) is 11.3. The number of aromatic amines is 2. The Kier molecular flexibility index (Phi) is 7.63. The van der Waals surface area contributed by atoms with Crippen LogP contribution in [0.3, 0.4) is 0 Å². The van der Waals surface area contributed by atoms with Gasteiger partial charge >= 0.3 is 12.2 Å². The van der Waals surface area contributed by atoms with E-state index in [-0.39, 0.29) is 24.3 Å². The summed E-state index contributed by atoms with van der Waals surface area (Å²) in [5.41, 5.74) is 5.61. The zero-order chi connectivity index (χ0) is 31.2. The van der Waals surface area contributed by atoms with Gasteiger partial charge in [-0.15, -0.1) is 0 Å². The van der Waals surface area contributed by atoms with E-state index < -0.39 is 11.2 Å². The zero-order valence-electron chi connectivity index (χ0n) is 26.4. The number of hydrogen-bond donors (Lipinski definition) is 2. The molecule has 4 heterocycles. The van der Waals surface area contributed by atoms with Gasteiger partial charge in [0.05, 0.1) is 34.5 Å². The summed E-state index contributed by atoms with van der Waals surface area (Å²) in [5, 5.41) is 7.73. The summed E-state index contributed by atoms with van der Waals surface area (Å²) < 4.78 is 11.3. The van der Waals surface area contributed by atoms with Crippen LogP contribution in [-0.2, 0) is 9.47 Å². The standard InChI is InChI=1S/C34H42N6O4/c1-33(2,3)43-31(41)39-17-7-9-28(39)27-20-25(37-38-27)22-13-11-21(12-14-22)23-15-16-24-26(19-23)36-30(35-24)29-10-8-18-40(29)32(42)44-34(4,5)6/h11-16,19-20,28-29H,7-10,17-18H2,1-6H3,(H,35,36)(H,37,38)/t28-,29-/m0/s1. The predicted molar refractivity (Wildman–Crippen MR) is 169 cm³/mol. The average Bonchev–Trinajstić information content (AvgIpc) is 3.76. The molecule has 10 nitrogen and oxygen atoms in total. The highest BCUT2D eigenvalue weighted by Gasteiger charge is 2.36. The lowest BCUT2D eigenvalue weighted by Gasteiger charge is -2.28. The Balaban J connectivity index is 1.17. The van der Waals surface area contributed by atoms with Crippen molar-refractivity contribution in [2.75, 3.05) is 13.1 Å². The van der Waals surface area contributed by atoms with Crippen LogP contribution < -0.4 is 0 Å². The first-order chi connectivity index (χ1) is 20.8. The highest BCUT2D eigenvalue weighted by atomic mass is 16.6. The summed E-state index contributed by atoms with van der Waals surface area (Å²) in [7, 11) is 0. The van der Waals surface area contributed by atoms with Crippen molar-refractivity contribution in [1.29, 1.82) is 0 Å². The SMILES string of the molecule is CC(C)(C)OC(=O)N1CCC[C@H]1c1cc(-c2ccc(-c3ccc4nc([C@@H]5CCCN5C(=O)OC(C)(C)C)[nH]c4c3)cc2)n[nH]1. The predicted octanol–water partition coefficient (Wildman–Crippen LogP) is 7.76. The van der Waals surface area contributed by atoms with Gasteiger partial charge in [0.25, 0.3) is 0 Å². The minimum absolute atomic E-state index is 0.0724. The normalized spacial score (nSPS) is 19.1. The Bertz CT molecular complexity index is 1660. The van der Waals surface area contributed by atoms with Gasteiger partial charge in [0.15, 0.2) is 0 Å². The number of rotatable bonds is 4. The van der Waals surface area contributed by atoms with Crippen molar-refractivity contribution >= 4 is 23.2 Å². The van der Waals surface area contributed by atoms with E-state index in [0.717, 1.165) is 70.6 Å². The Morgan fingerprint density at radius 3 is 1.98 bits per heavy atom. The number of fused-ring (bicyclic) bond motifs is 1. The maximum Gasteiger partial charge on any atom is 0.410 e. The number of ether oxygens (including phenoxy) is 2. The number of nitrogens with zero attached hydrogens (tertiary/aromatic N) is 4. The fourth-order valence-electron chi connectivity index (χ4n) is 6.07. The molecule has 0 unspecified atom stereocenters. The Hall–Kier alpha value is -4.34. The molecular weight excluding hydrogens is 556 g/mol. The monoisotopic (exact) mass is 598 g/mol. The van der Waals surface area contributed by atoms with Gasteiger partial charge in [0.1, 0.15) is 17.0 Å². The molecule has 6 rings (SSSR count). The molecule has 232 valence electrons. The fraction of sp³-hybridized carbons (Fsp3) is 0.471. The number of hydrogen-bond acceptors (Lipinski definition) is 6. The number of carbonyl (C=O) groups excluding carboxylic acids is 2. The molecule has 44 heavy (non-hydrogen) atoms. The largest absolute Gasteiger partial charge is 0.444 e. The van der Waals surface area contributed by atoms with Crippen LogP contribution in [0, 0.1) is 0 Å². The fourth-order valence-corrected chi connectivity index (χ4v) is 6.07. The van der Waals surface area contributed by atoms with Crippen LogP contribution in [-0.4, -0.2) is 66.4 Å². The van der Waals surface area contributed by atoms with Gasteiger partial charge < -0.3 is 14.5 Å². The number of amides is 2. The van der Waals surface area contributed by atoms with E-state index in [9.17, 15) is 9.59 Å². The molecule has 2 atom stereocenters. The second-order valence-electron chi connectivity index (χ2n) is 13.8. The number of H-pyrrole nitrogens is 2. The van der Waals surface area contributed by atoms with Crippen LogP contribution in [0.1, 0.15) is 90.8 Å². The van der Waals surface area contributed by atoms with Gasteiger partial charge in [0, 0.05) is 18.7 Å². The molecule has 4 aromatic rings. The van der Waals surface area contributed by atoms with Crippen molar-refractivity contribution in [2.24, 2.45) is 0 Å². The summed E-state index contributed by atoms with van der Waals surface area (Å²) in [4.78, 5) is 37.5. The van der Waals surface area contributed by atoms with Crippen LogP contribution in [0.15, 0.2) is 48.5 Å². The molecule has 10 heteroatoms. The molecule has 2 fully saturated rings. The molecule has 0 spiro atoms. The second-order valence-corrected chi connectivity index (χ2v) is 13.8. The molecule has 2 N–H and O–H groups in total. The number of imidazole rings is 1. The van der Waals surface area contributed by atoms with Crippen molar-refractivity contribution in [1.82, 2.24) is 30.0 Å². The first kappa shape index (κ1) is 29.7. The zero-order valence-corrected chi connectivity index (χ0v) is 26.4. The van der Waals surface area contributed by atoms with Crippen LogP contribution in [0.2, 0.25) is 0 Å². The lowest BCUT2D eigenvalue weighted by Crippen LogP contribution is -2.36. The third-order valence-electron chi connectivity index (χ3n) is 8.05. The quantitative estimate of drug-likeness (QED) is 0.248. The number of nitrogens with one attached hydrogen (secondary N) is 2. The van der Waals surface area contributed by atoms with Gasteiger partial charge in [0.2, 0.25) is 0 Å². The highest BCUT2D eigenvalue weighted by Crippen LogP contribution is 2.36.